The number of carbonyl (C=O) groups excluding carboxylic acids is 1. The van der Waals surface area contributed by atoms with Gasteiger partial charge >= 0.3 is 0 Å². The van der Waals surface area contributed by atoms with Gasteiger partial charge in [-0.2, -0.15) is 0 Å². The number of hydrogen-bond acceptors (Lipinski definition) is 3. The lowest BCUT2D eigenvalue weighted by atomic mass is 10.1. The van der Waals surface area contributed by atoms with Crippen molar-refractivity contribution in [1.82, 2.24) is 10.2 Å². The third-order valence-corrected chi connectivity index (χ3v) is 3.87. The Morgan fingerprint density at radius 1 is 1.40 bits per heavy atom. The third kappa shape index (κ3) is 2.19. The first-order valence-electron chi connectivity index (χ1n) is 6.69. The van der Waals surface area contributed by atoms with Gasteiger partial charge in [0.1, 0.15) is 17.8 Å². The summed E-state index contributed by atoms with van der Waals surface area (Å²) in [6, 6.07) is 2.99. The highest BCUT2D eigenvalue weighted by molar-refractivity contribution is 5.84. The third-order valence-electron chi connectivity index (χ3n) is 3.87. The maximum atomic E-state index is 14.0. The summed E-state index contributed by atoms with van der Waals surface area (Å²) in [5.74, 6) is -1.35. The van der Waals surface area contributed by atoms with Gasteiger partial charge in [-0.15, -0.1) is 0 Å². The summed E-state index contributed by atoms with van der Waals surface area (Å²) in [5, 5.41) is 3.07. The van der Waals surface area contributed by atoms with Gasteiger partial charge in [0, 0.05) is 18.2 Å². The second-order valence-corrected chi connectivity index (χ2v) is 5.22. The Morgan fingerprint density at radius 2 is 2.20 bits per heavy atom. The second-order valence-electron chi connectivity index (χ2n) is 5.22. The van der Waals surface area contributed by atoms with Crippen LogP contribution in [-0.2, 0) is 9.53 Å². The molecule has 1 N–H and O–H groups in total. The van der Waals surface area contributed by atoms with E-state index in [1.165, 1.54) is 12.1 Å². The summed E-state index contributed by atoms with van der Waals surface area (Å²) in [7, 11) is 0. The van der Waals surface area contributed by atoms with Crippen LogP contribution < -0.4 is 5.32 Å². The van der Waals surface area contributed by atoms with E-state index in [1.54, 1.807) is 11.8 Å². The molecule has 0 radical (unpaired) electrons. The molecular formula is C14H16F2N2O2. The molecule has 2 saturated heterocycles. The molecule has 0 bridgehead atoms. The molecule has 3 rings (SSSR count). The molecule has 1 aromatic rings. The molecule has 20 heavy (non-hydrogen) atoms. The first-order chi connectivity index (χ1) is 9.58. The van der Waals surface area contributed by atoms with Crippen LogP contribution in [0.1, 0.15) is 25.1 Å². The summed E-state index contributed by atoms with van der Waals surface area (Å²) < 4.78 is 32.3. The molecule has 1 aromatic carbocycles. The lowest BCUT2D eigenvalue weighted by Gasteiger charge is -2.29. The maximum absolute atomic E-state index is 14.0. The molecule has 6 heteroatoms. The van der Waals surface area contributed by atoms with Gasteiger partial charge in [-0.25, -0.2) is 8.78 Å². The van der Waals surface area contributed by atoms with E-state index in [2.05, 4.69) is 5.32 Å². The van der Waals surface area contributed by atoms with Gasteiger partial charge in [0.15, 0.2) is 0 Å². The number of ether oxygens (including phenoxy) is 1. The summed E-state index contributed by atoms with van der Waals surface area (Å²) >= 11 is 0. The number of rotatable bonds is 2. The minimum atomic E-state index is -0.645. The molecule has 2 heterocycles. The standard InChI is InChI=1S/C14H16F2N2O2/c1-8-14(19)18(10-4-5-20-7-10)13(17-8)11-3-2-9(15)6-12(11)16/h2-3,6,8,10,13,17H,4-5,7H2,1H3. The van der Waals surface area contributed by atoms with Crippen molar-refractivity contribution in [3.05, 3.63) is 35.4 Å². The molecule has 2 aliphatic rings. The molecule has 108 valence electrons. The van der Waals surface area contributed by atoms with Crippen molar-refractivity contribution in [2.45, 2.75) is 31.6 Å². The van der Waals surface area contributed by atoms with Crippen molar-refractivity contribution >= 4 is 5.91 Å². The fourth-order valence-corrected chi connectivity index (χ4v) is 2.83. The number of nitrogens with one attached hydrogen (secondary N) is 1. The van der Waals surface area contributed by atoms with Gasteiger partial charge in [-0.05, 0) is 25.5 Å². The first-order valence-corrected chi connectivity index (χ1v) is 6.69. The molecule has 3 unspecified atom stereocenters. The highest BCUT2D eigenvalue weighted by Crippen LogP contribution is 2.31. The van der Waals surface area contributed by atoms with Gasteiger partial charge in [0.05, 0.1) is 18.7 Å². The summed E-state index contributed by atoms with van der Waals surface area (Å²) in [6.45, 7) is 2.80. The average Bonchev–Trinajstić information content (AvgIpc) is 2.99. The van der Waals surface area contributed by atoms with Gasteiger partial charge in [-0.1, -0.05) is 0 Å². The van der Waals surface area contributed by atoms with E-state index in [4.69, 9.17) is 4.74 Å². The average molecular weight is 282 g/mol. The van der Waals surface area contributed by atoms with Crippen molar-refractivity contribution in [3.8, 4) is 0 Å². The van der Waals surface area contributed by atoms with E-state index in [1.807, 2.05) is 0 Å². The van der Waals surface area contributed by atoms with Gasteiger partial charge in [-0.3, -0.25) is 10.1 Å². The predicted molar refractivity (Wildman–Crippen MR) is 67.8 cm³/mol. The zero-order valence-electron chi connectivity index (χ0n) is 11.1. The highest BCUT2D eigenvalue weighted by Gasteiger charge is 2.43. The molecule has 0 saturated carbocycles. The van der Waals surface area contributed by atoms with E-state index >= 15 is 0 Å². The number of halogens is 2. The van der Waals surface area contributed by atoms with Gasteiger partial charge in [0.25, 0.3) is 0 Å². The molecule has 3 atom stereocenters. The Bertz CT molecular complexity index is 532. The second kappa shape index (κ2) is 5.10. The quantitative estimate of drug-likeness (QED) is 0.895. The Morgan fingerprint density at radius 3 is 2.85 bits per heavy atom. The highest BCUT2D eigenvalue weighted by atomic mass is 19.1. The number of amides is 1. The maximum Gasteiger partial charge on any atom is 0.241 e. The Balaban J connectivity index is 1.95. The summed E-state index contributed by atoms with van der Waals surface area (Å²) in [5.41, 5.74) is 0.288. The fourth-order valence-electron chi connectivity index (χ4n) is 2.83. The summed E-state index contributed by atoms with van der Waals surface area (Å²) in [4.78, 5) is 13.9. The molecule has 2 aliphatic heterocycles. The molecule has 2 fully saturated rings. The van der Waals surface area contributed by atoms with E-state index < -0.39 is 17.8 Å². The molecule has 0 spiro atoms. The summed E-state index contributed by atoms with van der Waals surface area (Å²) in [6.07, 6.45) is 0.171. The Kier molecular flexibility index (Phi) is 3.43. The largest absolute Gasteiger partial charge is 0.379 e. The zero-order valence-corrected chi connectivity index (χ0v) is 11.1. The van der Waals surface area contributed by atoms with Crippen LogP contribution in [0.15, 0.2) is 18.2 Å². The topological polar surface area (TPSA) is 41.6 Å². The molecule has 0 aromatic heterocycles. The predicted octanol–water partition coefficient (Wildman–Crippen LogP) is 1.57. The smallest absolute Gasteiger partial charge is 0.241 e. The van der Waals surface area contributed by atoms with Gasteiger partial charge < -0.3 is 9.64 Å². The van der Waals surface area contributed by atoms with Gasteiger partial charge in [0.2, 0.25) is 5.91 Å². The zero-order chi connectivity index (χ0) is 14.3. The Hall–Kier alpha value is -1.53. The first kappa shape index (κ1) is 13.5. The van der Waals surface area contributed by atoms with Crippen molar-refractivity contribution in [1.29, 1.82) is 0 Å². The van der Waals surface area contributed by atoms with Crippen LogP contribution in [0.4, 0.5) is 8.78 Å². The van der Waals surface area contributed by atoms with E-state index in [9.17, 15) is 13.6 Å². The van der Waals surface area contributed by atoms with Crippen molar-refractivity contribution < 1.29 is 18.3 Å². The lowest BCUT2D eigenvalue weighted by Crippen LogP contribution is -2.40. The van der Waals surface area contributed by atoms with E-state index in [0.717, 1.165) is 12.5 Å². The molecular weight excluding hydrogens is 266 g/mol. The van der Waals surface area contributed by atoms with Crippen LogP contribution in [0.5, 0.6) is 0 Å². The van der Waals surface area contributed by atoms with Crippen LogP contribution >= 0.6 is 0 Å². The number of benzene rings is 1. The van der Waals surface area contributed by atoms with Crippen LogP contribution in [0.25, 0.3) is 0 Å². The van der Waals surface area contributed by atoms with Crippen molar-refractivity contribution in [2.24, 2.45) is 0 Å². The van der Waals surface area contributed by atoms with Crippen LogP contribution in [0.3, 0.4) is 0 Å². The number of hydrogen-bond donors (Lipinski definition) is 1. The van der Waals surface area contributed by atoms with Crippen LogP contribution in [-0.4, -0.2) is 36.1 Å². The number of carbonyl (C=O) groups is 1. The van der Waals surface area contributed by atoms with Crippen molar-refractivity contribution in [3.63, 3.8) is 0 Å². The Labute approximate surface area is 115 Å². The SMILES string of the molecule is CC1NC(c2ccc(F)cc2F)N(C2CCOC2)C1=O. The monoisotopic (exact) mass is 282 g/mol. The van der Waals surface area contributed by atoms with E-state index in [0.29, 0.717) is 13.2 Å². The lowest BCUT2D eigenvalue weighted by molar-refractivity contribution is -0.132. The van der Waals surface area contributed by atoms with Crippen LogP contribution in [0.2, 0.25) is 0 Å². The van der Waals surface area contributed by atoms with E-state index in [-0.39, 0.29) is 23.6 Å². The molecule has 0 aliphatic carbocycles. The van der Waals surface area contributed by atoms with Crippen LogP contribution in [0, 0.1) is 11.6 Å². The fraction of sp³-hybridized carbons (Fsp3) is 0.500. The minimum Gasteiger partial charge on any atom is -0.379 e. The minimum absolute atomic E-state index is 0.0607. The molecule has 4 nitrogen and oxygen atoms in total. The van der Waals surface area contributed by atoms with Crippen molar-refractivity contribution in [2.75, 3.05) is 13.2 Å². The number of nitrogens with zero attached hydrogens (tertiary/aromatic N) is 1. The molecule has 1 amide bonds. The normalized spacial score (nSPS) is 30.2.